The van der Waals surface area contributed by atoms with Crippen molar-refractivity contribution in [2.45, 2.75) is 37.5 Å². The molecule has 4 heteroatoms. The Balaban J connectivity index is 2.07. The molecule has 1 aliphatic carbocycles. The highest BCUT2D eigenvalue weighted by Crippen LogP contribution is 2.50. The van der Waals surface area contributed by atoms with E-state index in [9.17, 15) is 9.90 Å². The molecule has 1 aliphatic heterocycles. The molecule has 2 aliphatic rings. The van der Waals surface area contributed by atoms with Crippen LogP contribution in [-0.2, 0) is 21.4 Å². The zero-order chi connectivity index (χ0) is 14.2. The number of carboxylic acid groups (broad SMARTS) is 1. The van der Waals surface area contributed by atoms with Crippen molar-refractivity contribution in [1.29, 1.82) is 0 Å². The van der Waals surface area contributed by atoms with Crippen molar-refractivity contribution >= 4 is 17.6 Å². The van der Waals surface area contributed by atoms with Gasteiger partial charge >= 0.3 is 5.97 Å². The van der Waals surface area contributed by atoms with Crippen LogP contribution in [0.1, 0.15) is 36.8 Å². The number of carboxylic acids is 1. The van der Waals surface area contributed by atoms with Crippen LogP contribution in [0, 0.1) is 5.92 Å². The third kappa shape index (κ3) is 2.23. The van der Waals surface area contributed by atoms with Crippen LogP contribution in [0.15, 0.2) is 18.2 Å². The van der Waals surface area contributed by atoms with Gasteiger partial charge < -0.3 is 9.84 Å². The summed E-state index contributed by atoms with van der Waals surface area (Å²) in [4.78, 5) is 11.2. The number of rotatable bonds is 2. The molecule has 0 aromatic heterocycles. The molecule has 1 unspecified atom stereocenters. The number of hydrogen-bond donors (Lipinski definition) is 1. The van der Waals surface area contributed by atoms with Crippen LogP contribution < -0.4 is 0 Å². The molecule has 1 atom stereocenters. The largest absolute Gasteiger partial charge is 0.481 e. The molecule has 1 aromatic carbocycles. The highest BCUT2D eigenvalue weighted by atomic mass is 35.5. The first-order valence-corrected chi connectivity index (χ1v) is 7.59. The van der Waals surface area contributed by atoms with Gasteiger partial charge in [0.25, 0.3) is 0 Å². The van der Waals surface area contributed by atoms with Gasteiger partial charge in [-0.25, -0.2) is 0 Å². The topological polar surface area (TPSA) is 46.5 Å². The molecule has 3 rings (SSSR count). The van der Waals surface area contributed by atoms with Gasteiger partial charge in [-0.3, -0.25) is 4.79 Å². The Morgan fingerprint density at radius 1 is 1.40 bits per heavy atom. The van der Waals surface area contributed by atoms with E-state index in [0.29, 0.717) is 13.2 Å². The summed E-state index contributed by atoms with van der Waals surface area (Å²) in [5, 5.41) is 10.0. The van der Waals surface area contributed by atoms with E-state index in [1.807, 2.05) is 12.1 Å². The Morgan fingerprint density at radius 2 is 2.15 bits per heavy atom. The normalized spacial score (nSPS) is 24.4. The number of ether oxygens (including phenoxy) is 1. The zero-order valence-electron chi connectivity index (χ0n) is 11.4. The molecule has 1 N–H and O–H groups in total. The Kier molecular flexibility index (Phi) is 3.74. The molecule has 20 heavy (non-hydrogen) atoms. The number of hydrogen-bond acceptors (Lipinski definition) is 2. The first-order chi connectivity index (χ1) is 9.63. The summed E-state index contributed by atoms with van der Waals surface area (Å²) >= 11 is 6.35. The van der Waals surface area contributed by atoms with Crippen molar-refractivity contribution in [2.75, 3.05) is 13.2 Å². The van der Waals surface area contributed by atoms with Crippen LogP contribution in [-0.4, -0.2) is 24.3 Å². The number of fused-ring (bicyclic) bond motifs is 2. The summed E-state index contributed by atoms with van der Waals surface area (Å²) < 4.78 is 5.52. The van der Waals surface area contributed by atoms with Gasteiger partial charge in [-0.1, -0.05) is 23.7 Å². The third-order valence-corrected chi connectivity index (χ3v) is 5.34. The molecular weight excluding hydrogens is 276 g/mol. The molecule has 0 bridgehead atoms. The van der Waals surface area contributed by atoms with Crippen LogP contribution in [0.25, 0.3) is 0 Å². The molecule has 1 heterocycles. The number of carbonyl (C=O) groups is 1. The monoisotopic (exact) mass is 294 g/mol. The highest BCUT2D eigenvalue weighted by molar-refractivity contribution is 6.31. The van der Waals surface area contributed by atoms with Crippen LogP contribution >= 0.6 is 11.6 Å². The van der Waals surface area contributed by atoms with Crippen LogP contribution in [0.5, 0.6) is 0 Å². The summed E-state index contributed by atoms with van der Waals surface area (Å²) in [5.41, 5.74) is 2.43. The first-order valence-electron chi connectivity index (χ1n) is 7.21. The first kappa shape index (κ1) is 13.9. The Bertz CT molecular complexity index is 520. The van der Waals surface area contributed by atoms with Crippen molar-refractivity contribution in [2.24, 2.45) is 5.92 Å². The zero-order valence-corrected chi connectivity index (χ0v) is 12.2. The molecule has 3 nitrogen and oxygen atoms in total. The lowest BCUT2D eigenvalue weighted by Gasteiger charge is -2.47. The maximum absolute atomic E-state index is 11.2. The molecule has 1 saturated heterocycles. The lowest BCUT2D eigenvalue weighted by atomic mass is 9.58. The summed E-state index contributed by atoms with van der Waals surface area (Å²) in [5.74, 6) is -0.513. The Labute approximate surface area is 123 Å². The van der Waals surface area contributed by atoms with E-state index in [1.165, 1.54) is 11.1 Å². The van der Waals surface area contributed by atoms with E-state index in [4.69, 9.17) is 16.3 Å². The highest BCUT2D eigenvalue weighted by Gasteiger charge is 2.46. The number of halogens is 1. The van der Waals surface area contributed by atoms with E-state index in [-0.39, 0.29) is 17.8 Å². The van der Waals surface area contributed by atoms with Gasteiger partial charge in [0.05, 0.1) is 0 Å². The molecule has 108 valence electrons. The average molecular weight is 295 g/mol. The number of benzene rings is 1. The van der Waals surface area contributed by atoms with Crippen LogP contribution in [0.3, 0.4) is 0 Å². The summed E-state index contributed by atoms with van der Waals surface area (Å²) in [6.07, 6.45) is 3.83. The summed E-state index contributed by atoms with van der Waals surface area (Å²) in [6, 6.07) is 6.06. The van der Waals surface area contributed by atoms with E-state index in [2.05, 4.69) is 6.07 Å². The molecule has 0 radical (unpaired) electrons. The van der Waals surface area contributed by atoms with Gasteiger partial charge in [-0.2, -0.15) is 0 Å². The van der Waals surface area contributed by atoms with Crippen molar-refractivity contribution in [3.8, 4) is 0 Å². The lowest BCUT2D eigenvalue weighted by Crippen LogP contribution is -2.45. The minimum absolute atomic E-state index is 0.0604. The third-order valence-electron chi connectivity index (χ3n) is 4.99. The fraction of sp³-hybridized carbons (Fsp3) is 0.562. The standard InChI is InChI=1S/C16H19ClO3/c17-14-3-1-2-13-12(14)5-4-11(10-15(18)19)16(13)6-8-20-9-7-16/h1-3,11H,4-10H2,(H,18,19). The lowest BCUT2D eigenvalue weighted by molar-refractivity contribution is -0.139. The predicted molar refractivity (Wildman–Crippen MR) is 77.2 cm³/mol. The molecule has 1 aromatic rings. The van der Waals surface area contributed by atoms with E-state index in [0.717, 1.165) is 30.7 Å². The molecule has 0 amide bonds. The smallest absolute Gasteiger partial charge is 0.303 e. The maximum Gasteiger partial charge on any atom is 0.303 e. The maximum atomic E-state index is 11.2. The van der Waals surface area contributed by atoms with Gasteiger partial charge in [0, 0.05) is 30.1 Å². The minimum atomic E-state index is -0.702. The van der Waals surface area contributed by atoms with Gasteiger partial charge in [0.1, 0.15) is 0 Å². The van der Waals surface area contributed by atoms with Crippen molar-refractivity contribution in [1.82, 2.24) is 0 Å². The summed E-state index contributed by atoms with van der Waals surface area (Å²) in [6.45, 7) is 1.42. The van der Waals surface area contributed by atoms with Crippen molar-refractivity contribution in [3.63, 3.8) is 0 Å². The predicted octanol–water partition coefficient (Wildman–Crippen LogP) is 3.43. The van der Waals surface area contributed by atoms with Gasteiger partial charge in [0.2, 0.25) is 0 Å². The second-order valence-corrected chi connectivity index (χ2v) is 6.28. The van der Waals surface area contributed by atoms with Gasteiger partial charge in [-0.15, -0.1) is 0 Å². The second-order valence-electron chi connectivity index (χ2n) is 5.87. The van der Waals surface area contributed by atoms with Crippen LogP contribution in [0.2, 0.25) is 5.02 Å². The van der Waals surface area contributed by atoms with Gasteiger partial charge in [-0.05, 0) is 48.8 Å². The molecule has 0 saturated carbocycles. The van der Waals surface area contributed by atoms with Crippen molar-refractivity contribution in [3.05, 3.63) is 34.3 Å². The molecular formula is C16H19ClO3. The molecule has 1 fully saturated rings. The Morgan fingerprint density at radius 3 is 2.85 bits per heavy atom. The summed E-state index contributed by atoms with van der Waals surface area (Å²) in [7, 11) is 0. The average Bonchev–Trinajstić information content (AvgIpc) is 2.44. The number of aliphatic carboxylic acids is 1. The molecule has 1 spiro atoms. The van der Waals surface area contributed by atoms with E-state index in [1.54, 1.807) is 0 Å². The van der Waals surface area contributed by atoms with Crippen LogP contribution in [0.4, 0.5) is 0 Å². The second kappa shape index (κ2) is 5.38. The quantitative estimate of drug-likeness (QED) is 0.909. The van der Waals surface area contributed by atoms with Crippen molar-refractivity contribution < 1.29 is 14.6 Å². The van der Waals surface area contributed by atoms with Gasteiger partial charge in [0.15, 0.2) is 0 Å². The fourth-order valence-electron chi connectivity index (χ4n) is 4.02. The Hall–Kier alpha value is -1.06. The fourth-order valence-corrected chi connectivity index (χ4v) is 4.28. The van der Waals surface area contributed by atoms with E-state index >= 15 is 0 Å². The minimum Gasteiger partial charge on any atom is -0.481 e. The SMILES string of the molecule is O=C(O)CC1CCc2c(Cl)cccc2C12CCOCC2. The van der Waals surface area contributed by atoms with E-state index < -0.39 is 5.97 Å².